The van der Waals surface area contributed by atoms with Gasteiger partial charge in [-0.05, 0) is 31.2 Å². The third-order valence-electron chi connectivity index (χ3n) is 5.02. The first-order valence-corrected chi connectivity index (χ1v) is 10.1. The van der Waals surface area contributed by atoms with Crippen molar-refractivity contribution < 1.29 is 19.3 Å². The first-order valence-electron chi connectivity index (χ1n) is 8.93. The van der Waals surface area contributed by atoms with E-state index in [2.05, 4.69) is 11.4 Å². The van der Waals surface area contributed by atoms with Gasteiger partial charge in [-0.2, -0.15) is 0 Å². The van der Waals surface area contributed by atoms with E-state index in [1.165, 1.54) is 9.78 Å². The minimum Gasteiger partial charge on any atom is -0.495 e. The number of hydrogen-bond donors (Lipinski definition) is 3. The zero-order chi connectivity index (χ0) is 18.5. The second-order valence-electron chi connectivity index (χ2n) is 6.70. The van der Waals surface area contributed by atoms with Crippen LogP contribution >= 0.6 is 22.9 Å². The molecule has 1 atom stereocenters. The lowest BCUT2D eigenvalue weighted by molar-refractivity contribution is -1.02. The van der Waals surface area contributed by atoms with Crippen molar-refractivity contribution in [2.24, 2.45) is 0 Å². The Morgan fingerprint density at radius 1 is 1.23 bits per heavy atom. The zero-order valence-corrected chi connectivity index (χ0v) is 16.8. The molecule has 0 aliphatic carbocycles. The van der Waals surface area contributed by atoms with Crippen LogP contribution in [0, 0.1) is 0 Å². The van der Waals surface area contributed by atoms with Crippen LogP contribution in [-0.4, -0.2) is 45.2 Å². The van der Waals surface area contributed by atoms with Crippen LogP contribution in [0.1, 0.15) is 11.8 Å². The van der Waals surface area contributed by atoms with E-state index in [0.717, 1.165) is 42.7 Å². The van der Waals surface area contributed by atoms with E-state index in [1.807, 2.05) is 37.3 Å². The Morgan fingerprint density at radius 3 is 2.62 bits per heavy atom. The SMILES string of the molecule is COc1ccccc1NC(=O)[C@H](C)[NH+]1CC[NH+](Cc2ccc(Cl)s2)CC1. The standard InChI is InChI=1S/C19H24ClN3O2S/c1-14(19(24)21-16-5-3-4-6-17(16)25-2)23-11-9-22(10-12-23)13-15-7-8-18(20)26-15/h3-8,14H,9-13H2,1-2H3,(H,21,24)/p+2/t14-/m0/s1. The Hall–Kier alpha value is -1.60. The highest BCUT2D eigenvalue weighted by atomic mass is 35.5. The topological polar surface area (TPSA) is 47.2 Å². The van der Waals surface area contributed by atoms with E-state index in [4.69, 9.17) is 16.3 Å². The van der Waals surface area contributed by atoms with Gasteiger partial charge in [0.05, 0.1) is 22.0 Å². The first kappa shape index (κ1) is 19.2. The summed E-state index contributed by atoms with van der Waals surface area (Å²) in [6, 6.07) is 11.5. The first-order chi connectivity index (χ1) is 12.6. The average Bonchev–Trinajstić information content (AvgIpc) is 3.07. The molecular weight excluding hydrogens is 370 g/mol. The van der Waals surface area contributed by atoms with Gasteiger partial charge in [0.15, 0.2) is 6.04 Å². The van der Waals surface area contributed by atoms with Crippen LogP contribution in [0.4, 0.5) is 5.69 Å². The lowest BCUT2D eigenvalue weighted by Crippen LogP contribution is -3.29. The number of benzene rings is 1. The third kappa shape index (κ3) is 4.76. The van der Waals surface area contributed by atoms with Crippen LogP contribution in [0.5, 0.6) is 5.75 Å². The number of piperazine rings is 1. The van der Waals surface area contributed by atoms with Gasteiger partial charge >= 0.3 is 0 Å². The lowest BCUT2D eigenvalue weighted by atomic mass is 10.2. The Morgan fingerprint density at radius 2 is 1.96 bits per heavy atom. The van der Waals surface area contributed by atoms with Gasteiger partial charge in [0.2, 0.25) is 0 Å². The number of thiophene rings is 1. The Labute approximate surface area is 163 Å². The molecule has 0 spiro atoms. The number of methoxy groups -OCH3 is 1. The Balaban J connectivity index is 1.51. The molecular formula is C19H26ClN3O2S+2. The molecule has 7 heteroatoms. The third-order valence-corrected chi connectivity index (χ3v) is 6.25. The van der Waals surface area contributed by atoms with Crippen LogP contribution in [0.3, 0.4) is 0 Å². The number of anilines is 1. The molecule has 1 aromatic heterocycles. The van der Waals surface area contributed by atoms with Gasteiger partial charge in [-0.1, -0.05) is 23.7 Å². The number of amides is 1. The molecule has 26 heavy (non-hydrogen) atoms. The van der Waals surface area contributed by atoms with Crippen molar-refractivity contribution in [3.05, 3.63) is 45.6 Å². The molecule has 3 N–H and O–H groups in total. The van der Waals surface area contributed by atoms with E-state index in [1.54, 1.807) is 23.3 Å². The van der Waals surface area contributed by atoms with Crippen LogP contribution in [-0.2, 0) is 11.3 Å². The highest BCUT2D eigenvalue weighted by Crippen LogP contribution is 2.23. The van der Waals surface area contributed by atoms with Gasteiger partial charge < -0.3 is 19.9 Å². The molecule has 3 rings (SSSR count). The summed E-state index contributed by atoms with van der Waals surface area (Å²) in [7, 11) is 1.61. The van der Waals surface area contributed by atoms with Gasteiger partial charge in [-0.25, -0.2) is 0 Å². The summed E-state index contributed by atoms with van der Waals surface area (Å²) in [4.78, 5) is 16.9. The van der Waals surface area contributed by atoms with Crippen LogP contribution in [0.25, 0.3) is 0 Å². The second-order valence-corrected chi connectivity index (χ2v) is 8.50. The highest BCUT2D eigenvalue weighted by Gasteiger charge is 2.31. The number of quaternary nitrogens is 2. The molecule has 0 unspecified atom stereocenters. The van der Waals surface area contributed by atoms with Crippen molar-refractivity contribution in [1.29, 1.82) is 0 Å². The lowest BCUT2D eigenvalue weighted by Gasteiger charge is -2.32. The van der Waals surface area contributed by atoms with Gasteiger partial charge in [-0.3, -0.25) is 4.79 Å². The maximum atomic E-state index is 12.6. The number of rotatable bonds is 6. The predicted molar refractivity (Wildman–Crippen MR) is 106 cm³/mol. The van der Waals surface area contributed by atoms with Gasteiger partial charge in [0.25, 0.3) is 5.91 Å². The van der Waals surface area contributed by atoms with E-state index in [0.29, 0.717) is 5.75 Å². The fourth-order valence-corrected chi connectivity index (χ4v) is 4.56. The highest BCUT2D eigenvalue weighted by molar-refractivity contribution is 7.16. The summed E-state index contributed by atoms with van der Waals surface area (Å²) in [5, 5.41) is 3.01. The van der Waals surface area contributed by atoms with Crippen molar-refractivity contribution in [3.63, 3.8) is 0 Å². The maximum absolute atomic E-state index is 12.6. The maximum Gasteiger partial charge on any atom is 0.282 e. The normalized spacial score (nSPS) is 21.2. The van der Waals surface area contributed by atoms with Crippen molar-refractivity contribution in [2.45, 2.75) is 19.5 Å². The Bertz CT molecular complexity index is 744. The van der Waals surface area contributed by atoms with E-state index >= 15 is 0 Å². The van der Waals surface area contributed by atoms with Crippen LogP contribution < -0.4 is 19.9 Å². The molecule has 1 saturated heterocycles. The number of ether oxygens (including phenoxy) is 1. The molecule has 1 amide bonds. The minimum atomic E-state index is -0.0855. The smallest absolute Gasteiger partial charge is 0.282 e. The molecule has 0 saturated carbocycles. The van der Waals surface area contributed by atoms with E-state index in [9.17, 15) is 4.79 Å². The fourth-order valence-electron chi connectivity index (χ4n) is 3.40. The van der Waals surface area contributed by atoms with Crippen molar-refractivity contribution in [3.8, 4) is 5.75 Å². The number of halogens is 1. The quantitative estimate of drug-likeness (QED) is 0.675. The van der Waals surface area contributed by atoms with Crippen molar-refractivity contribution in [1.82, 2.24) is 0 Å². The second kappa shape index (κ2) is 8.86. The number of nitrogens with one attached hydrogen (secondary N) is 3. The summed E-state index contributed by atoms with van der Waals surface area (Å²) < 4.78 is 6.16. The predicted octanol–water partition coefficient (Wildman–Crippen LogP) is 0.721. The molecule has 2 heterocycles. The molecule has 1 aliphatic heterocycles. The molecule has 1 fully saturated rings. The summed E-state index contributed by atoms with van der Waals surface area (Å²) in [6.45, 7) is 7.15. The molecule has 2 aromatic rings. The van der Waals surface area contributed by atoms with Gasteiger partial charge in [0.1, 0.15) is 38.5 Å². The minimum absolute atomic E-state index is 0.0398. The van der Waals surface area contributed by atoms with E-state index < -0.39 is 0 Å². The number of carbonyl (C=O) groups is 1. The number of hydrogen-bond acceptors (Lipinski definition) is 3. The number of carbonyl (C=O) groups excluding carboxylic acids is 1. The van der Waals surface area contributed by atoms with Crippen molar-refractivity contribution in [2.75, 3.05) is 38.6 Å². The summed E-state index contributed by atoms with van der Waals surface area (Å²) in [5.41, 5.74) is 0.727. The summed E-state index contributed by atoms with van der Waals surface area (Å²) in [5.74, 6) is 0.727. The van der Waals surface area contributed by atoms with Gasteiger partial charge in [0, 0.05) is 0 Å². The molecule has 1 aromatic carbocycles. The number of para-hydroxylation sites is 2. The molecule has 140 valence electrons. The molecule has 0 radical (unpaired) electrons. The average molecular weight is 396 g/mol. The molecule has 5 nitrogen and oxygen atoms in total. The van der Waals surface area contributed by atoms with E-state index in [-0.39, 0.29) is 11.9 Å². The van der Waals surface area contributed by atoms with Crippen molar-refractivity contribution >= 4 is 34.5 Å². The fraction of sp³-hybridized carbons (Fsp3) is 0.421. The van der Waals surface area contributed by atoms with Crippen LogP contribution in [0.15, 0.2) is 36.4 Å². The molecule has 0 bridgehead atoms. The monoisotopic (exact) mass is 395 g/mol. The molecule has 1 aliphatic rings. The largest absolute Gasteiger partial charge is 0.495 e. The van der Waals surface area contributed by atoms with Gasteiger partial charge in [-0.15, -0.1) is 11.3 Å². The summed E-state index contributed by atoms with van der Waals surface area (Å²) in [6.07, 6.45) is 0. The Kier molecular flexibility index (Phi) is 6.53. The van der Waals surface area contributed by atoms with Crippen LogP contribution in [0.2, 0.25) is 4.34 Å². The summed E-state index contributed by atoms with van der Waals surface area (Å²) >= 11 is 7.68. The zero-order valence-electron chi connectivity index (χ0n) is 15.2.